The predicted molar refractivity (Wildman–Crippen MR) is 82.0 cm³/mol. The fourth-order valence-electron chi connectivity index (χ4n) is 2.56. The fraction of sp³-hybridized carbons (Fsp3) is 0.500. The van der Waals surface area contributed by atoms with E-state index in [4.69, 9.17) is 4.74 Å². The molecule has 0 radical (unpaired) electrons. The summed E-state index contributed by atoms with van der Waals surface area (Å²) in [6, 6.07) is 6.45. The van der Waals surface area contributed by atoms with Crippen molar-refractivity contribution in [1.82, 2.24) is 4.90 Å². The molecule has 0 aromatic heterocycles. The maximum atomic E-state index is 5.55. The van der Waals surface area contributed by atoms with Crippen LogP contribution in [0.4, 0.5) is 5.69 Å². The first-order valence-electron chi connectivity index (χ1n) is 7.06. The third-order valence-electron chi connectivity index (χ3n) is 3.72. The van der Waals surface area contributed by atoms with Gasteiger partial charge in [-0.25, -0.2) is 0 Å². The molecule has 0 unspecified atom stereocenters. The molecule has 1 aromatic rings. The van der Waals surface area contributed by atoms with Crippen LogP contribution in [0.1, 0.15) is 19.4 Å². The maximum absolute atomic E-state index is 5.55. The number of rotatable bonds is 4. The van der Waals surface area contributed by atoms with Crippen molar-refractivity contribution < 1.29 is 4.74 Å². The third-order valence-corrected chi connectivity index (χ3v) is 3.72. The van der Waals surface area contributed by atoms with Gasteiger partial charge in [0.1, 0.15) is 5.75 Å². The fourth-order valence-corrected chi connectivity index (χ4v) is 2.56. The number of piperazine rings is 1. The Balaban J connectivity index is 2.16. The van der Waals surface area contributed by atoms with Crippen molar-refractivity contribution in [2.24, 2.45) is 0 Å². The summed E-state index contributed by atoms with van der Waals surface area (Å²) >= 11 is 0. The van der Waals surface area contributed by atoms with E-state index in [2.05, 4.69) is 47.1 Å². The standard InChI is InChI=1S/C16H24N2O/c1-4-6-14-7-8-15(16(13-14)19-3)18-11-9-17(5-2)10-12-18/h4,6-8,13H,5,9-12H2,1-3H3/b6-4+. The molecule has 104 valence electrons. The highest BCUT2D eigenvalue weighted by molar-refractivity contribution is 5.64. The Kier molecular flexibility index (Phi) is 4.86. The molecule has 1 aliphatic heterocycles. The van der Waals surface area contributed by atoms with Crippen LogP contribution < -0.4 is 9.64 Å². The van der Waals surface area contributed by atoms with Crippen LogP contribution in [0.15, 0.2) is 24.3 Å². The average molecular weight is 260 g/mol. The van der Waals surface area contributed by atoms with Crippen LogP contribution in [0.25, 0.3) is 6.08 Å². The van der Waals surface area contributed by atoms with E-state index < -0.39 is 0 Å². The highest BCUT2D eigenvalue weighted by atomic mass is 16.5. The topological polar surface area (TPSA) is 15.7 Å². The molecule has 0 spiro atoms. The first-order chi connectivity index (χ1) is 9.28. The Labute approximate surface area is 116 Å². The van der Waals surface area contributed by atoms with Gasteiger partial charge in [-0.2, -0.15) is 0 Å². The lowest BCUT2D eigenvalue weighted by molar-refractivity contribution is 0.270. The lowest BCUT2D eigenvalue weighted by Crippen LogP contribution is -2.46. The van der Waals surface area contributed by atoms with Crippen molar-refractivity contribution in [3.8, 4) is 5.75 Å². The van der Waals surface area contributed by atoms with Gasteiger partial charge in [-0.05, 0) is 31.2 Å². The molecule has 0 amide bonds. The number of hydrogen-bond acceptors (Lipinski definition) is 3. The van der Waals surface area contributed by atoms with Crippen LogP contribution in [-0.4, -0.2) is 44.7 Å². The van der Waals surface area contributed by atoms with E-state index in [9.17, 15) is 0 Å². The van der Waals surface area contributed by atoms with Gasteiger partial charge < -0.3 is 14.5 Å². The van der Waals surface area contributed by atoms with Crippen LogP contribution in [-0.2, 0) is 0 Å². The van der Waals surface area contributed by atoms with E-state index >= 15 is 0 Å². The molecule has 0 bridgehead atoms. The highest BCUT2D eigenvalue weighted by Gasteiger charge is 2.18. The summed E-state index contributed by atoms with van der Waals surface area (Å²) in [5.41, 5.74) is 2.40. The number of hydrogen-bond donors (Lipinski definition) is 0. The first-order valence-corrected chi connectivity index (χ1v) is 7.06. The van der Waals surface area contributed by atoms with Crippen molar-refractivity contribution in [2.45, 2.75) is 13.8 Å². The van der Waals surface area contributed by atoms with Crippen LogP contribution in [0.3, 0.4) is 0 Å². The Hall–Kier alpha value is -1.48. The van der Waals surface area contributed by atoms with Crippen LogP contribution >= 0.6 is 0 Å². The first kappa shape index (κ1) is 13.9. The number of benzene rings is 1. The van der Waals surface area contributed by atoms with Crippen molar-refractivity contribution in [3.05, 3.63) is 29.8 Å². The Morgan fingerprint density at radius 2 is 1.95 bits per heavy atom. The summed E-state index contributed by atoms with van der Waals surface area (Å²) in [4.78, 5) is 4.90. The van der Waals surface area contributed by atoms with Crippen LogP contribution in [0.5, 0.6) is 5.75 Å². The SMILES string of the molecule is C/C=C/c1ccc(N2CCN(CC)CC2)c(OC)c1. The second-order valence-corrected chi connectivity index (χ2v) is 4.85. The van der Waals surface area contributed by atoms with Gasteiger partial charge in [0.15, 0.2) is 0 Å². The Bertz CT molecular complexity index is 434. The second-order valence-electron chi connectivity index (χ2n) is 4.85. The monoisotopic (exact) mass is 260 g/mol. The lowest BCUT2D eigenvalue weighted by atomic mass is 10.1. The van der Waals surface area contributed by atoms with E-state index in [1.165, 1.54) is 11.3 Å². The van der Waals surface area contributed by atoms with E-state index in [0.717, 1.165) is 38.5 Å². The summed E-state index contributed by atoms with van der Waals surface area (Å²) in [5, 5.41) is 0. The van der Waals surface area contributed by atoms with Gasteiger partial charge >= 0.3 is 0 Å². The third kappa shape index (κ3) is 3.29. The molecule has 19 heavy (non-hydrogen) atoms. The molecule has 1 saturated heterocycles. The molecule has 1 aliphatic rings. The molecule has 1 fully saturated rings. The van der Waals surface area contributed by atoms with Crippen LogP contribution in [0, 0.1) is 0 Å². The molecular formula is C16H24N2O. The number of allylic oxidation sites excluding steroid dienone is 1. The minimum atomic E-state index is 0.973. The normalized spacial score (nSPS) is 17.1. The van der Waals surface area contributed by atoms with Gasteiger partial charge in [-0.3, -0.25) is 0 Å². The van der Waals surface area contributed by atoms with Crippen molar-refractivity contribution in [3.63, 3.8) is 0 Å². The summed E-state index contributed by atoms with van der Waals surface area (Å²) in [6.07, 6.45) is 4.15. The lowest BCUT2D eigenvalue weighted by Gasteiger charge is -2.36. The van der Waals surface area contributed by atoms with Gasteiger partial charge in [-0.15, -0.1) is 0 Å². The van der Waals surface area contributed by atoms with E-state index in [1.807, 2.05) is 6.92 Å². The molecule has 3 heteroatoms. The minimum absolute atomic E-state index is 0.973. The van der Waals surface area contributed by atoms with Gasteiger partial charge in [0.05, 0.1) is 12.8 Å². The number of anilines is 1. The molecule has 0 atom stereocenters. The maximum Gasteiger partial charge on any atom is 0.142 e. The molecule has 3 nitrogen and oxygen atoms in total. The largest absolute Gasteiger partial charge is 0.495 e. The number of nitrogens with zero attached hydrogens (tertiary/aromatic N) is 2. The molecule has 0 N–H and O–H groups in total. The predicted octanol–water partition coefficient (Wildman–Crippen LogP) is 2.87. The second kappa shape index (κ2) is 6.62. The zero-order valence-corrected chi connectivity index (χ0v) is 12.2. The molecule has 0 saturated carbocycles. The highest BCUT2D eigenvalue weighted by Crippen LogP contribution is 2.30. The van der Waals surface area contributed by atoms with Crippen LogP contribution in [0.2, 0.25) is 0 Å². The number of methoxy groups -OCH3 is 1. The van der Waals surface area contributed by atoms with E-state index in [-0.39, 0.29) is 0 Å². The number of ether oxygens (including phenoxy) is 1. The Morgan fingerprint density at radius 1 is 1.21 bits per heavy atom. The van der Waals surface area contributed by atoms with Gasteiger partial charge in [0, 0.05) is 26.2 Å². The zero-order chi connectivity index (χ0) is 13.7. The summed E-state index contributed by atoms with van der Waals surface area (Å²) in [5.74, 6) is 0.973. The average Bonchev–Trinajstić information content (AvgIpc) is 2.47. The number of likely N-dealkylation sites (N-methyl/N-ethyl adjacent to an activating group) is 1. The van der Waals surface area contributed by atoms with Crippen molar-refractivity contribution >= 4 is 11.8 Å². The summed E-state index contributed by atoms with van der Waals surface area (Å²) in [7, 11) is 1.75. The van der Waals surface area contributed by atoms with Gasteiger partial charge in [0.2, 0.25) is 0 Å². The minimum Gasteiger partial charge on any atom is -0.495 e. The summed E-state index contributed by atoms with van der Waals surface area (Å²) in [6.45, 7) is 9.82. The van der Waals surface area contributed by atoms with E-state index in [0.29, 0.717) is 0 Å². The molecular weight excluding hydrogens is 236 g/mol. The Morgan fingerprint density at radius 3 is 2.53 bits per heavy atom. The summed E-state index contributed by atoms with van der Waals surface area (Å²) < 4.78 is 5.55. The van der Waals surface area contributed by atoms with Gasteiger partial charge in [0.25, 0.3) is 0 Å². The molecule has 1 aromatic carbocycles. The molecule has 0 aliphatic carbocycles. The molecule has 1 heterocycles. The smallest absolute Gasteiger partial charge is 0.142 e. The van der Waals surface area contributed by atoms with Crippen molar-refractivity contribution in [1.29, 1.82) is 0 Å². The van der Waals surface area contributed by atoms with Crippen molar-refractivity contribution in [2.75, 3.05) is 44.7 Å². The quantitative estimate of drug-likeness (QED) is 0.828. The van der Waals surface area contributed by atoms with Gasteiger partial charge in [-0.1, -0.05) is 25.1 Å². The van der Waals surface area contributed by atoms with E-state index in [1.54, 1.807) is 7.11 Å². The zero-order valence-electron chi connectivity index (χ0n) is 12.2. The molecule has 2 rings (SSSR count).